The molecule has 0 radical (unpaired) electrons. The summed E-state index contributed by atoms with van der Waals surface area (Å²) in [4.78, 5) is 11.0. The fraction of sp³-hybridized carbons (Fsp3) is 0.714. The molecule has 0 aliphatic carbocycles. The summed E-state index contributed by atoms with van der Waals surface area (Å²) in [6.45, 7) is 8.23. The second-order valence-corrected chi connectivity index (χ2v) is 5.97. The molecule has 1 aromatic heterocycles. The average molecular weight is 249 g/mol. The van der Waals surface area contributed by atoms with Crippen LogP contribution < -0.4 is 4.90 Å². The van der Waals surface area contributed by atoms with Crippen LogP contribution in [-0.2, 0) is 10.2 Å². The molecule has 0 spiro atoms. The first-order chi connectivity index (χ1) is 8.48. The van der Waals surface area contributed by atoms with E-state index in [-0.39, 0.29) is 5.41 Å². The maximum Gasteiger partial charge on any atom is 0.132 e. The van der Waals surface area contributed by atoms with Gasteiger partial charge in [-0.1, -0.05) is 20.8 Å². The number of rotatable bonds is 2. The molecule has 2 rings (SSSR count). The van der Waals surface area contributed by atoms with Crippen molar-refractivity contribution in [1.29, 1.82) is 0 Å². The first-order valence-corrected chi connectivity index (χ1v) is 6.61. The highest BCUT2D eigenvalue weighted by Crippen LogP contribution is 2.24. The Morgan fingerprint density at radius 3 is 2.50 bits per heavy atom. The van der Waals surface area contributed by atoms with Gasteiger partial charge in [-0.15, -0.1) is 0 Å². The van der Waals surface area contributed by atoms with Crippen LogP contribution in [0, 0.1) is 0 Å². The highest BCUT2D eigenvalue weighted by molar-refractivity contribution is 5.40. The zero-order valence-corrected chi connectivity index (χ0v) is 11.8. The van der Waals surface area contributed by atoms with Crippen molar-refractivity contribution in [3.63, 3.8) is 0 Å². The van der Waals surface area contributed by atoms with E-state index in [9.17, 15) is 0 Å². The summed E-state index contributed by atoms with van der Waals surface area (Å²) in [5.74, 6) is 1.02. The molecular weight excluding hydrogens is 226 g/mol. The van der Waals surface area contributed by atoms with Crippen molar-refractivity contribution in [2.24, 2.45) is 0 Å². The lowest BCUT2D eigenvalue weighted by atomic mass is 9.92. The summed E-state index contributed by atoms with van der Waals surface area (Å²) >= 11 is 0. The molecule has 1 fully saturated rings. The van der Waals surface area contributed by atoms with Crippen molar-refractivity contribution in [2.75, 3.05) is 25.2 Å². The van der Waals surface area contributed by atoms with E-state index < -0.39 is 0 Å². The molecule has 0 atom stereocenters. The van der Waals surface area contributed by atoms with Gasteiger partial charge in [-0.25, -0.2) is 9.97 Å². The van der Waals surface area contributed by atoms with Gasteiger partial charge in [-0.2, -0.15) is 0 Å². The van der Waals surface area contributed by atoms with Crippen molar-refractivity contribution < 1.29 is 4.74 Å². The van der Waals surface area contributed by atoms with Gasteiger partial charge in [-0.3, -0.25) is 0 Å². The number of anilines is 1. The molecule has 1 saturated heterocycles. The second kappa shape index (κ2) is 5.22. The Balaban J connectivity index is 2.17. The van der Waals surface area contributed by atoms with E-state index >= 15 is 0 Å². The van der Waals surface area contributed by atoms with E-state index in [0.29, 0.717) is 6.04 Å². The zero-order chi connectivity index (χ0) is 13.2. The van der Waals surface area contributed by atoms with Crippen LogP contribution in [0.25, 0.3) is 0 Å². The van der Waals surface area contributed by atoms with Crippen molar-refractivity contribution in [1.82, 2.24) is 9.97 Å². The molecule has 0 unspecified atom stereocenters. The van der Waals surface area contributed by atoms with Gasteiger partial charge >= 0.3 is 0 Å². The molecule has 1 aromatic rings. The van der Waals surface area contributed by atoms with Crippen LogP contribution in [0.4, 0.5) is 5.82 Å². The van der Waals surface area contributed by atoms with Crippen molar-refractivity contribution in [2.45, 2.75) is 45.1 Å². The van der Waals surface area contributed by atoms with E-state index in [1.54, 1.807) is 6.33 Å². The van der Waals surface area contributed by atoms with Gasteiger partial charge in [-0.05, 0) is 12.8 Å². The van der Waals surface area contributed by atoms with Crippen LogP contribution in [0.3, 0.4) is 0 Å². The molecule has 0 bridgehead atoms. The van der Waals surface area contributed by atoms with Gasteiger partial charge in [0, 0.05) is 37.8 Å². The lowest BCUT2D eigenvalue weighted by Gasteiger charge is -2.32. The zero-order valence-electron chi connectivity index (χ0n) is 11.8. The molecule has 4 nitrogen and oxygen atoms in total. The molecule has 0 N–H and O–H groups in total. The van der Waals surface area contributed by atoms with Crippen LogP contribution in [-0.4, -0.2) is 36.3 Å². The summed E-state index contributed by atoms with van der Waals surface area (Å²) < 4.78 is 5.40. The van der Waals surface area contributed by atoms with E-state index in [4.69, 9.17) is 4.74 Å². The third kappa shape index (κ3) is 2.99. The monoisotopic (exact) mass is 249 g/mol. The summed E-state index contributed by atoms with van der Waals surface area (Å²) in [7, 11) is 2.12. The Labute approximate surface area is 109 Å². The Bertz CT molecular complexity index is 394. The molecule has 2 heterocycles. The van der Waals surface area contributed by atoms with Gasteiger partial charge in [0.15, 0.2) is 0 Å². The minimum absolute atomic E-state index is 0.0637. The summed E-state index contributed by atoms with van der Waals surface area (Å²) in [5, 5.41) is 0. The Hall–Kier alpha value is -1.16. The quantitative estimate of drug-likeness (QED) is 0.806. The molecule has 0 saturated carbocycles. The molecule has 0 aromatic carbocycles. The first kappa shape index (κ1) is 13.3. The summed E-state index contributed by atoms with van der Waals surface area (Å²) in [6, 6.07) is 2.64. The molecular formula is C14H23N3O. The van der Waals surface area contributed by atoms with Crippen LogP contribution in [0.15, 0.2) is 12.4 Å². The molecule has 1 aliphatic rings. The highest BCUT2D eigenvalue weighted by atomic mass is 16.5. The van der Waals surface area contributed by atoms with Gasteiger partial charge < -0.3 is 9.64 Å². The SMILES string of the molecule is CN(c1cc(C(C)(C)C)ncn1)C1CCOCC1. The van der Waals surface area contributed by atoms with Gasteiger partial charge in [0.05, 0.1) is 5.69 Å². The number of hydrogen-bond acceptors (Lipinski definition) is 4. The molecule has 18 heavy (non-hydrogen) atoms. The standard InChI is InChI=1S/C14H23N3O/c1-14(2,3)12-9-13(16-10-15-12)17(4)11-5-7-18-8-6-11/h9-11H,5-8H2,1-4H3. The fourth-order valence-electron chi connectivity index (χ4n) is 2.21. The Morgan fingerprint density at radius 2 is 1.89 bits per heavy atom. The van der Waals surface area contributed by atoms with Gasteiger partial charge in [0.2, 0.25) is 0 Å². The third-order valence-corrected chi connectivity index (χ3v) is 3.52. The van der Waals surface area contributed by atoms with Gasteiger partial charge in [0.1, 0.15) is 12.1 Å². The molecule has 1 aliphatic heterocycles. The van der Waals surface area contributed by atoms with Gasteiger partial charge in [0.25, 0.3) is 0 Å². The predicted molar refractivity (Wildman–Crippen MR) is 73.0 cm³/mol. The highest BCUT2D eigenvalue weighted by Gasteiger charge is 2.22. The smallest absolute Gasteiger partial charge is 0.132 e. The second-order valence-electron chi connectivity index (χ2n) is 5.97. The average Bonchev–Trinajstić information content (AvgIpc) is 2.38. The number of ether oxygens (including phenoxy) is 1. The van der Waals surface area contributed by atoms with E-state index in [1.807, 2.05) is 0 Å². The Kier molecular flexibility index (Phi) is 3.85. The molecule has 4 heteroatoms. The fourth-order valence-corrected chi connectivity index (χ4v) is 2.21. The summed E-state index contributed by atoms with van der Waals surface area (Å²) in [6.07, 6.45) is 3.82. The lowest BCUT2D eigenvalue weighted by Crippen LogP contribution is -2.37. The van der Waals surface area contributed by atoms with Crippen molar-refractivity contribution in [3.05, 3.63) is 18.1 Å². The molecule has 100 valence electrons. The predicted octanol–water partition coefficient (Wildman–Crippen LogP) is 2.39. The first-order valence-electron chi connectivity index (χ1n) is 6.61. The lowest BCUT2D eigenvalue weighted by molar-refractivity contribution is 0.0853. The summed E-state index contributed by atoms with van der Waals surface area (Å²) in [5.41, 5.74) is 1.15. The topological polar surface area (TPSA) is 38.2 Å². The van der Waals surface area contributed by atoms with Crippen LogP contribution in [0.5, 0.6) is 0 Å². The minimum Gasteiger partial charge on any atom is -0.381 e. The largest absolute Gasteiger partial charge is 0.381 e. The number of nitrogens with zero attached hydrogens (tertiary/aromatic N) is 3. The maximum atomic E-state index is 5.40. The van der Waals surface area contributed by atoms with Crippen LogP contribution in [0.2, 0.25) is 0 Å². The maximum absolute atomic E-state index is 5.40. The van der Waals surface area contributed by atoms with Crippen LogP contribution in [0.1, 0.15) is 39.3 Å². The van der Waals surface area contributed by atoms with E-state index in [2.05, 4.69) is 48.8 Å². The normalized spacial score (nSPS) is 17.8. The van der Waals surface area contributed by atoms with E-state index in [0.717, 1.165) is 37.6 Å². The van der Waals surface area contributed by atoms with Crippen LogP contribution >= 0.6 is 0 Å². The van der Waals surface area contributed by atoms with E-state index in [1.165, 1.54) is 0 Å². The number of hydrogen-bond donors (Lipinski definition) is 0. The van der Waals surface area contributed by atoms with Crippen molar-refractivity contribution in [3.8, 4) is 0 Å². The van der Waals surface area contributed by atoms with Crippen molar-refractivity contribution >= 4 is 5.82 Å². The number of aromatic nitrogens is 2. The molecule has 0 amide bonds. The Morgan fingerprint density at radius 1 is 1.22 bits per heavy atom. The minimum atomic E-state index is 0.0637. The third-order valence-electron chi connectivity index (χ3n) is 3.52.